The lowest BCUT2D eigenvalue weighted by molar-refractivity contribution is 0.0697. The molecule has 0 bridgehead atoms. The fourth-order valence-electron chi connectivity index (χ4n) is 2.16. The Labute approximate surface area is 116 Å². The number of carboxylic acids is 1. The van der Waals surface area contributed by atoms with Crippen LogP contribution in [0, 0.1) is 12.8 Å². The molecule has 1 aromatic heterocycles. The van der Waals surface area contributed by atoms with Gasteiger partial charge in [0.15, 0.2) is 0 Å². The van der Waals surface area contributed by atoms with Gasteiger partial charge in [-0.05, 0) is 43.5 Å². The monoisotopic (exact) mass is 274 g/mol. The van der Waals surface area contributed by atoms with Crippen molar-refractivity contribution in [2.24, 2.45) is 5.92 Å². The first-order valence-corrected chi connectivity index (χ1v) is 6.54. The molecule has 0 atom stereocenters. The van der Waals surface area contributed by atoms with Gasteiger partial charge in [-0.1, -0.05) is 13.8 Å². The van der Waals surface area contributed by atoms with E-state index >= 15 is 0 Å². The van der Waals surface area contributed by atoms with E-state index in [9.17, 15) is 9.59 Å². The first kappa shape index (κ1) is 14.1. The van der Waals surface area contributed by atoms with Crippen LogP contribution in [-0.2, 0) is 6.42 Å². The van der Waals surface area contributed by atoms with Crippen molar-refractivity contribution in [3.8, 4) is 5.69 Å². The molecule has 0 radical (unpaired) electrons. The summed E-state index contributed by atoms with van der Waals surface area (Å²) in [6, 6.07) is 6.23. The predicted octanol–water partition coefficient (Wildman–Crippen LogP) is 2.37. The third-order valence-electron chi connectivity index (χ3n) is 3.18. The Bertz CT molecular complexity index is 678. The van der Waals surface area contributed by atoms with E-state index in [0.717, 1.165) is 17.7 Å². The highest BCUT2D eigenvalue weighted by molar-refractivity contribution is 5.87. The van der Waals surface area contributed by atoms with E-state index in [1.807, 2.05) is 6.92 Å². The van der Waals surface area contributed by atoms with E-state index in [1.165, 1.54) is 16.8 Å². The minimum Gasteiger partial charge on any atom is -0.478 e. The molecule has 0 amide bonds. The van der Waals surface area contributed by atoms with Gasteiger partial charge in [-0.3, -0.25) is 9.89 Å². The van der Waals surface area contributed by atoms with Crippen LogP contribution in [0.4, 0.5) is 0 Å². The number of hydrogen-bond acceptors (Lipinski definition) is 2. The van der Waals surface area contributed by atoms with Crippen molar-refractivity contribution in [3.63, 3.8) is 0 Å². The second-order valence-corrected chi connectivity index (χ2v) is 5.31. The summed E-state index contributed by atoms with van der Waals surface area (Å²) in [4.78, 5) is 23.2. The maximum Gasteiger partial charge on any atom is 0.335 e. The molecule has 0 aliphatic rings. The predicted molar refractivity (Wildman–Crippen MR) is 76.6 cm³/mol. The van der Waals surface area contributed by atoms with Gasteiger partial charge >= 0.3 is 5.97 Å². The van der Waals surface area contributed by atoms with Crippen LogP contribution >= 0.6 is 0 Å². The molecule has 5 nitrogen and oxygen atoms in total. The van der Waals surface area contributed by atoms with E-state index in [2.05, 4.69) is 18.9 Å². The molecule has 106 valence electrons. The summed E-state index contributed by atoms with van der Waals surface area (Å²) < 4.78 is 1.46. The molecule has 0 unspecified atom stereocenters. The summed E-state index contributed by atoms with van der Waals surface area (Å²) in [6.07, 6.45) is 0.724. The summed E-state index contributed by atoms with van der Waals surface area (Å²) in [5, 5.41) is 11.9. The van der Waals surface area contributed by atoms with E-state index in [-0.39, 0.29) is 11.1 Å². The number of carbonyl (C=O) groups is 1. The maximum atomic E-state index is 12.4. The van der Waals surface area contributed by atoms with Crippen LogP contribution in [0.25, 0.3) is 5.69 Å². The van der Waals surface area contributed by atoms with E-state index < -0.39 is 5.97 Å². The molecule has 1 aromatic carbocycles. The number of aromatic nitrogens is 2. The Hall–Kier alpha value is -2.30. The van der Waals surface area contributed by atoms with Gasteiger partial charge in [-0.15, -0.1) is 0 Å². The van der Waals surface area contributed by atoms with Gasteiger partial charge in [0.1, 0.15) is 0 Å². The minimum atomic E-state index is -0.980. The molecule has 0 saturated carbocycles. The number of rotatable bonds is 4. The number of carboxylic acid groups (broad SMARTS) is 1. The average molecular weight is 274 g/mol. The van der Waals surface area contributed by atoms with Gasteiger partial charge in [0.2, 0.25) is 0 Å². The molecule has 0 aliphatic carbocycles. The maximum absolute atomic E-state index is 12.4. The van der Waals surface area contributed by atoms with Crippen LogP contribution < -0.4 is 5.56 Å². The fraction of sp³-hybridized carbons (Fsp3) is 0.333. The minimum absolute atomic E-state index is 0.0701. The molecule has 0 aliphatic heterocycles. The molecule has 5 heteroatoms. The smallest absolute Gasteiger partial charge is 0.335 e. The number of aryl methyl sites for hydroxylation is 1. The van der Waals surface area contributed by atoms with Gasteiger partial charge in [0.25, 0.3) is 5.56 Å². The third-order valence-corrected chi connectivity index (χ3v) is 3.18. The standard InChI is InChI=1S/C15H18N2O3/c1-9(2)8-13-10(3)16-17(14(13)18)12-6-4-11(5-7-12)15(19)20/h4-7,9,16H,8H2,1-3H3,(H,19,20). The van der Waals surface area contributed by atoms with Gasteiger partial charge in [-0.2, -0.15) is 0 Å². The Morgan fingerprint density at radius 3 is 2.40 bits per heavy atom. The number of nitrogens with one attached hydrogen (secondary N) is 1. The molecule has 2 rings (SSSR count). The topological polar surface area (TPSA) is 75.1 Å². The second kappa shape index (κ2) is 5.36. The number of benzene rings is 1. The zero-order valence-corrected chi connectivity index (χ0v) is 11.8. The van der Waals surface area contributed by atoms with Crippen molar-refractivity contribution in [2.75, 3.05) is 0 Å². The molecule has 0 spiro atoms. The number of H-pyrrole nitrogens is 1. The lowest BCUT2D eigenvalue weighted by Crippen LogP contribution is -2.18. The van der Waals surface area contributed by atoms with Crippen LogP contribution in [-0.4, -0.2) is 20.9 Å². The first-order valence-electron chi connectivity index (χ1n) is 6.54. The van der Waals surface area contributed by atoms with Crippen molar-refractivity contribution in [2.45, 2.75) is 27.2 Å². The van der Waals surface area contributed by atoms with Crippen molar-refractivity contribution in [1.82, 2.24) is 9.78 Å². The molecule has 2 N–H and O–H groups in total. The summed E-state index contributed by atoms with van der Waals surface area (Å²) in [7, 11) is 0. The van der Waals surface area contributed by atoms with Crippen molar-refractivity contribution in [1.29, 1.82) is 0 Å². The van der Waals surface area contributed by atoms with E-state index in [0.29, 0.717) is 11.6 Å². The van der Waals surface area contributed by atoms with Crippen molar-refractivity contribution >= 4 is 5.97 Å². The number of aromatic amines is 1. The highest BCUT2D eigenvalue weighted by Gasteiger charge is 2.13. The summed E-state index contributed by atoms with van der Waals surface area (Å²) in [6.45, 7) is 6.01. The molecule has 1 heterocycles. The highest BCUT2D eigenvalue weighted by Crippen LogP contribution is 2.12. The Morgan fingerprint density at radius 1 is 1.30 bits per heavy atom. The van der Waals surface area contributed by atoms with Crippen LogP contribution in [0.2, 0.25) is 0 Å². The first-order chi connectivity index (χ1) is 9.40. The molecular weight excluding hydrogens is 256 g/mol. The SMILES string of the molecule is Cc1[nH]n(-c2ccc(C(=O)O)cc2)c(=O)c1CC(C)C. The highest BCUT2D eigenvalue weighted by atomic mass is 16.4. The van der Waals surface area contributed by atoms with Gasteiger partial charge in [0, 0.05) is 11.3 Å². The summed E-state index contributed by atoms with van der Waals surface area (Å²) in [5.41, 5.74) is 2.40. The van der Waals surface area contributed by atoms with Crippen LogP contribution in [0.1, 0.15) is 35.5 Å². The molecule has 0 saturated heterocycles. The lowest BCUT2D eigenvalue weighted by atomic mass is 10.0. The summed E-state index contributed by atoms with van der Waals surface area (Å²) >= 11 is 0. The molecule has 20 heavy (non-hydrogen) atoms. The fourth-order valence-corrected chi connectivity index (χ4v) is 2.16. The largest absolute Gasteiger partial charge is 0.478 e. The second-order valence-electron chi connectivity index (χ2n) is 5.31. The third kappa shape index (κ3) is 2.66. The van der Waals surface area contributed by atoms with E-state index in [4.69, 9.17) is 5.11 Å². The quantitative estimate of drug-likeness (QED) is 0.898. The molecule has 2 aromatic rings. The average Bonchev–Trinajstić information content (AvgIpc) is 2.66. The number of aromatic carboxylic acids is 1. The lowest BCUT2D eigenvalue weighted by Gasteiger charge is -2.02. The number of nitrogens with zero attached hydrogens (tertiary/aromatic N) is 1. The Morgan fingerprint density at radius 2 is 1.90 bits per heavy atom. The molecule has 0 fully saturated rings. The Balaban J connectivity index is 2.43. The van der Waals surface area contributed by atoms with Crippen molar-refractivity contribution in [3.05, 3.63) is 51.4 Å². The van der Waals surface area contributed by atoms with Crippen LogP contribution in [0.5, 0.6) is 0 Å². The zero-order chi connectivity index (χ0) is 14.9. The van der Waals surface area contributed by atoms with Crippen molar-refractivity contribution < 1.29 is 9.90 Å². The van der Waals surface area contributed by atoms with Gasteiger partial charge in [0.05, 0.1) is 11.3 Å². The van der Waals surface area contributed by atoms with Crippen LogP contribution in [0.3, 0.4) is 0 Å². The molecular formula is C15H18N2O3. The Kier molecular flexibility index (Phi) is 3.79. The van der Waals surface area contributed by atoms with E-state index in [1.54, 1.807) is 12.1 Å². The number of hydrogen-bond donors (Lipinski definition) is 2. The summed E-state index contributed by atoms with van der Waals surface area (Å²) in [5.74, 6) is -0.577. The van der Waals surface area contributed by atoms with Crippen LogP contribution in [0.15, 0.2) is 29.1 Å². The van der Waals surface area contributed by atoms with Gasteiger partial charge < -0.3 is 5.11 Å². The zero-order valence-electron chi connectivity index (χ0n) is 11.8. The normalized spacial score (nSPS) is 11.0. The van der Waals surface area contributed by atoms with Gasteiger partial charge in [-0.25, -0.2) is 9.48 Å².